The second kappa shape index (κ2) is 8.57. The average Bonchev–Trinajstić information content (AvgIpc) is 2.69. The van der Waals surface area contributed by atoms with Crippen molar-refractivity contribution in [1.82, 2.24) is 19.2 Å². The standard InChI is InChI=1S/C17H23FN4O6S2/c1-29(25,26)21-9-10-22(30(27,28)13-6-4-12(18)5-7-13)15(11-21)17(24)20-14-3-2-8-19-16(14)23/h4-7,14-15H,2-3,8-11H2,1H3,(H,19,23)(H,20,24)/t14-,15-/m1/s1. The molecule has 10 nitrogen and oxygen atoms in total. The van der Waals surface area contributed by atoms with Crippen LogP contribution in [0.3, 0.4) is 0 Å². The van der Waals surface area contributed by atoms with Crippen LogP contribution in [0.5, 0.6) is 0 Å². The third-order valence-electron chi connectivity index (χ3n) is 5.09. The Labute approximate surface area is 174 Å². The van der Waals surface area contributed by atoms with Gasteiger partial charge in [0.25, 0.3) is 0 Å². The Bertz CT molecular complexity index is 1030. The normalized spacial score (nSPS) is 24.3. The molecule has 2 aliphatic heterocycles. The van der Waals surface area contributed by atoms with Gasteiger partial charge < -0.3 is 10.6 Å². The number of piperidine rings is 1. The molecule has 3 rings (SSSR count). The lowest BCUT2D eigenvalue weighted by Crippen LogP contribution is -2.63. The van der Waals surface area contributed by atoms with Crippen molar-refractivity contribution in [3.8, 4) is 0 Å². The Kier molecular flexibility index (Phi) is 6.45. The van der Waals surface area contributed by atoms with E-state index >= 15 is 0 Å². The molecule has 2 heterocycles. The second-order valence-electron chi connectivity index (χ2n) is 7.20. The van der Waals surface area contributed by atoms with Crippen molar-refractivity contribution >= 4 is 31.9 Å². The molecule has 0 bridgehead atoms. The van der Waals surface area contributed by atoms with Gasteiger partial charge in [-0.05, 0) is 37.1 Å². The molecule has 0 aliphatic carbocycles. The summed E-state index contributed by atoms with van der Waals surface area (Å²) in [6.07, 6.45) is 2.01. The molecule has 0 radical (unpaired) electrons. The zero-order valence-electron chi connectivity index (χ0n) is 16.2. The number of benzene rings is 1. The Morgan fingerprint density at radius 2 is 1.83 bits per heavy atom. The van der Waals surface area contributed by atoms with E-state index in [1.807, 2.05) is 0 Å². The van der Waals surface area contributed by atoms with Gasteiger partial charge in [-0.2, -0.15) is 8.61 Å². The third kappa shape index (κ3) is 4.79. The van der Waals surface area contributed by atoms with E-state index in [2.05, 4.69) is 10.6 Å². The second-order valence-corrected chi connectivity index (χ2v) is 11.1. The zero-order chi connectivity index (χ0) is 22.1. The Morgan fingerprint density at radius 1 is 1.17 bits per heavy atom. The molecule has 0 spiro atoms. The van der Waals surface area contributed by atoms with Crippen LogP contribution in [0.1, 0.15) is 12.8 Å². The fourth-order valence-electron chi connectivity index (χ4n) is 3.46. The quantitative estimate of drug-likeness (QED) is 0.568. The SMILES string of the molecule is CS(=O)(=O)N1CCN(S(=O)(=O)c2ccc(F)cc2)[C@@H](C(=O)N[C@@H]2CCCNC2=O)C1. The highest BCUT2D eigenvalue weighted by Crippen LogP contribution is 2.23. The van der Waals surface area contributed by atoms with Crippen molar-refractivity contribution in [3.05, 3.63) is 30.1 Å². The van der Waals surface area contributed by atoms with E-state index < -0.39 is 43.9 Å². The molecule has 2 N–H and O–H groups in total. The zero-order valence-corrected chi connectivity index (χ0v) is 17.9. The van der Waals surface area contributed by atoms with E-state index in [0.29, 0.717) is 19.4 Å². The van der Waals surface area contributed by atoms with E-state index in [-0.39, 0.29) is 30.4 Å². The predicted octanol–water partition coefficient (Wildman–Crippen LogP) is -1.14. The van der Waals surface area contributed by atoms with Gasteiger partial charge in [-0.15, -0.1) is 0 Å². The minimum absolute atomic E-state index is 0.132. The first-order valence-electron chi connectivity index (χ1n) is 9.31. The van der Waals surface area contributed by atoms with Gasteiger partial charge in [-0.1, -0.05) is 0 Å². The van der Waals surface area contributed by atoms with Gasteiger partial charge in [0.1, 0.15) is 17.9 Å². The highest BCUT2D eigenvalue weighted by Gasteiger charge is 2.43. The molecule has 0 aromatic heterocycles. The molecule has 2 aliphatic rings. The number of carbonyl (C=O) groups excluding carboxylic acids is 2. The van der Waals surface area contributed by atoms with Gasteiger partial charge in [0.05, 0.1) is 11.2 Å². The van der Waals surface area contributed by atoms with E-state index in [1.54, 1.807) is 0 Å². The number of piperazine rings is 1. The van der Waals surface area contributed by atoms with Crippen LogP contribution in [0.4, 0.5) is 4.39 Å². The fourth-order valence-corrected chi connectivity index (χ4v) is 5.86. The smallest absolute Gasteiger partial charge is 0.243 e. The molecular weight excluding hydrogens is 439 g/mol. The molecule has 30 heavy (non-hydrogen) atoms. The highest BCUT2D eigenvalue weighted by molar-refractivity contribution is 7.89. The Hall–Kier alpha value is -2.09. The summed E-state index contributed by atoms with van der Waals surface area (Å²) < 4.78 is 65.3. The maximum absolute atomic E-state index is 13.2. The summed E-state index contributed by atoms with van der Waals surface area (Å²) in [4.78, 5) is 24.7. The first kappa shape index (κ1) is 22.6. The number of nitrogens with zero attached hydrogens (tertiary/aromatic N) is 2. The summed E-state index contributed by atoms with van der Waals surface area (Å²) in [7, 11) is -7.88. The van der Waals surface area contributed by atoms with Crippen molar-refractivity contribution in [1.29, 1.82) is 0 Å². The van der Waals surface area contributed by atoms with Crippen LogP contribution in [0.2, 0.25) is 0 Å². The van der Waals surface area contributed by atoms with Crippen molar-refractivity contribution in [2.45, 2.75) is 29.8 Å². The molecule has 166 valence electrons. The van der Waals surface area contributed by atoms with Crippen LogP contribution < -0.4 is 10.6 Å². The molecule has 0 unspecified atom stereocenters. The summed E-state index contributed by atoms with van der Waals surface area (Å²) in [6, 6.07) is 1.93. The predicted molar refractivity (Wildman–Crippen MR) is 105 cm³/mol. The molecule has 1 aromatic rings. The van der Waals surface area contributed by atoms with Crippen molar-refractivity contribution in [2.75, 3.05) is 32.4 Å². The van der Waals surface area contributed by atoms with Crippen LogP contribution in [-0.4, -0.2) is 81.8 Å². The summed E-state index contributed by atoms with van der Waals surface area (Å²) in [5.41, 5.74) is 0. The summed E-state index contributed by atoms with van der Waals surface area (Å²) in [5.74, 6) is -1.76. The molecule has 0 saturated carbocycles. The number of nitrogens with one attached hydrogen (secondary N) is 2. The maximum atomic E-state index is 13.2. The summed E-state index contributed by atoms with van der Waals surface area (Å²) >= 11 is 0. The van der Waals surface area contributed by atoms with Gasteiger partial charge in [0.2, 0.25) is 31.9 Å². The maximum Gasteiger partial charge on any atom is 0.243 e. The number of halogens is 1. The van der Waals surface area contributed by atoms with Gasteiger partial charge >= 0.3 is 0 Å². The molecule has 2 amide bonds. The topological polar surface area (TPSA) is 133 Å². The average molecular weight is 463 g/mol. The lowest BCUT2D eigenvalue weighted by Gasteiger charge is -2.39. The number of amides is 2. The van der Waals surface area contributed by atoms with E-state index in [9.17, 15) is 30.8 Å². The first-order chi connectivity index (χ1) is 14.0. The van der Waals surface area contributed by atoms with Crippen LogP contribution >= 0.6 is 0 Å². The minimum Gasteiger partial charge on any atom is -0.354 e. The Morgan fingerprint density at radius 3 is 2.43 bits per heavy atom. The summed E-state index contributed by atoms with van der Waals surface area (Å²) in [6.45, 7) is -0.296. The number of hydrogen-bond acceptors (Lipinski definition) is 6. The monoisotopic (exact) mass is 462 g/mol. The van der Waals surface area contributed by atoms with E-state index in [0.717, 1.165) is 39.1 Å². The molecule has 2 saturated heterocycles. The molecule has 1 aromatic carbocycles. The van der Waals surface area contributed by atoms with Crippen molar-refractivity contribution in [3.63, 3.8) is 0 Å². The molecule has 2 fully saturated rings. The van der Waals surface area contributed by atoms with Gasteiger partial charge in [-0.25, -0.2) is 21.2 Å². The van der Waals surface area contributed by atoms with Crippen LogP contribution in [0.15, 0.2) is 29.2 Å². The minimum atomic E-state index is -4.21. The van der Waals surface area contributed by atoms with Gasteiger partial charge in [-0.3, -0.25) is 9.59 Å². The largest absolute Gasteiger partial charge is 0.354 e. The van der Waals surface area contributed by atoms with Crippen LogP contribution in [0.25, 0.3) is 0 Å². The first-order valence-corrected chi connectivity index (χ1v) is 12.6. The number of sulfonamides is 2. The van der Waals surface area contributed by atoms with E-state index in [1.165, 1.54) is 0 Å². The third-order valence-corrected chi connectivity index (χ3v) is 8.28. The lowest BCUT2D eigenvalue weighted by atomic mass is 10.1. The number of rotatable bonds is 5. The number of hydrogen-bond donors (Lipinski definition) is 2. The van der Waals surface area contributed by atoms with Crippen LogP contribution in [0, 0.1) is 5.82 Å². The van der Waals surface area contributed by atoms with E-state index in [4.69, 9.17) is 0 Å². The highest BCUT2D eigenvalue weighted by atomic mass is 32.2. The summed E-state index contributed by atoms with van der Waals surface area (Å²) in [5, 5.41) is 5.15. The lowest BCUT2D eigenvalue weighted by molar-refractivity contribution is -0.132. The fraction of sp³-hybridized carbons (Fsp3) is 0.529. The molecule has 13 heteroatoms. The number of carbonyl (C=O) groups is 2. The van der Waals surface area contributed by atoms with Crippen LogP contribution in [-0.2, 0) is 29.6 Å². The Balaban J connectivity index is 1.90. The molecule has 2 atom stereocenters. The van der Waals surface area contributed by atoms with Gasteiger partial charge in [0, 0.05) is 26.2 Å². The molecular formula is C17H23FN4O6S2. The van der Waals surface area contributed by atoms with Gasteiger partial charge in [0.15, 0.2) is 0 Å². The van der Waals surface area contributed by atoms with Crippen molar-refractivity contribution in [2.24, 2.45) is 0 Å². The van der Waals surface area contributed by atoms with Crippen molar-refractivity contribution < 1.29 is 30.8 Å².